The third-order valence-corrected chi connectivity index (χ3v) is 4.79. The van der Waals surface area contributed by atoms with Crippen LogP contribution in [0.3, 0.4) is 0 Å². The molecule has 0 spiro atoms. The van der Waals surface area contributed by atoms with Crippen molar-refractivity contribution in [3.8, 4) is 0 Å². The molecule has 23 heavy (non-hydrogen) atoms. The average Bonchev–Trinajstić information content (AvgIpc) is 3.23. The van der Waals surface area contributed by atoms with Crippen LogP contribution in [0.1, 0.15) is 32.1 Å². The number of aliphatic hydroxyl groups excluding tert-OH is 1. The Kier molecular flexibility index (Phi) is 6.45. The number of likely N-dealkylation sites (tertiary alicyclic amines) is 1. The van der Waals surface area contributed by atoms with E-state index in [9.17, 15) is 5.11 Å². The number of hydrogen-bond acceptors (Lipinski definition) is 5. The highest BCUT2D eigenvalue weighted by Crippen LogP contribution is 2.19. The normalized spacial score (nSPS) is 27.3. The van der Waals surface area contributed by atoms with Crippen LogP contribution in [0, 0.1) is 0 Å². The zero-order chi connectivity index (χ0) is 15.9. The minimum Gasteiger partial charge on any atom is -0.389 e. The number of aromatic nitrogens is 2. The summed E-state index contributed by atoms with van der Waals surface area (Å²) in [5.74, 6) is 0. The number of hydrogen-bond donors (Lipinski definition) is 1. The van der Waals surface area contributed by atoms with Gasteiger partial charge in [-0.2, -0.15) is 5.10 Å². The number of nitrogens with zero attached hydrogens (tertiary/aromatic N) is 3. The summed E-state index contributed by atoms with van der Waals surface area (Å²) in [6, 6.07) is 2.41. The monoisotopic (exact) mass is 323 g/mol. The van der Waals surface area contributed by atoms with Crippen LogP contribution in [0.15, 0.2) is 18.5 Å². The van der Waals surface area contributed by atoms with Crippen molar-refractivity contribution >= 4 is 0 Å². The molecule has 3 rings (SSSR count). The second-order valence-electron chi connectivity index (χ2n) is 6.70. The minimum absolute atomic E-state index is 0.227. The molecule has 0 unspecified atom stereocenters. The zero-order valence-electron chi connectivity index (χ0n) is 13.8. The maximum absolute atomic E-state index is 10.3. The summed E-state index contributed by atoms with van der Waals surface area (Å²) in [4.78, 5) is 2.39. The number of β-amino-alcohol motifs (C(OH)–C–C–N with tert-alkyl or cyclic N) is 1. The first-order valence-corrected chi connectivity index (χ1v) is 8.90. The molecule has 3 heterocycles. The zero-order valence-corrected chi connectivity index (χ0v) is 13.8. The Morgan fingerprint density at radius 3 is 3.04 bits per heavy atom. The molecular formula is C17H29N3O3. The number of ether oxygens (including phenoxy) is 2. The van der Waals surface area contributed by atoms with Crippen molar-refractivity contribution in [2.45, 2.75) is 56.9 Å². The van der Waals surface area contributed by atoms with E-state index in [1.54, 1.807) is 0 Å². The third kappa shape index (κ3) is 5.28. The molecule has 6 nitrogen and oxygen atoms in total. The Labute approximate surface area is 138 Å². The maximum Gasteiger partial charge on any atom is 0.0900 e. The lowest BCUT2D eigenvalue weighted by Crippen LogP contribution is -2.46. The molecule has 3 atom stereocenters. The van der Waals surface area contributed by atoms with E-state index >= 15 is 0 Å². The van der Waals surface area contributed by atoms with E-state index in [2.05, 4.69) is 10.00 Å². The van der Waals surface area contributed by atoms with Gasteiger partial charge in [0.1, 0.15) is 0 Å². The highest BCUT2D eigenvalue weighted by molar-refractivity contribution is 4.83. The smallest absolute Gasteiger partial charge is 0.0900 e. The first kappa shape index (κ1) is 16.9. The van der Waals surface area contributed by atoms with Crippen molar-refractivity contribution in [2.75, 3.05) is 32.9 Å². The van der Waals surface area contributed by atoms with Crippen molar-refractivity contribution in [1.82, 2.24) is 14.7 Å². The lowest BCUT2D eigenvalue weighted by atomic mass is 10.0. The van der Waals surface area contributed by atoms with Gasteiger partial charge >= 0.3 is 0 Å². The lowest BCUT2D eigenvalue weighted by molar-refractivity contribution is -0.0322. The van der Waals surface area contributed by atoms with Crippen LogP contribution in [0.2, 0.25) is 0 Å². The molecule has 0 bridgehead atoms. The molecule has 1 N–H and O–H groups in total. The largest absolute Gasteiger partial charge is 0.389 e. The Morgan fingerprint density at radius 2 is 2.26 bits per heavy atom. The Balaban J connectivity index is 1.40. The fourth-order valence-corrected chi connectivity index (χ4v) is 3.57. The van der Waals surface area contributed by atoms with Gasteiger partial charge in [0.25, 0.3) is 0 Å². The summed E-state index contributed by atoms with van der Waals surface area (Å²) in [7, 11) is 0. The third-order valence-electron chi connectivity index (χ3n) is 4.79. The molecule has 6 heteroatoms. The van der Waals surface area contributed by atoms with Gasteiger partial charge < -0.3 is 14.6 Å². The van der Waals surface area contributed by atoms with Crippen molar-refractivity contribution in [2.24, 2.45) is 0 Å². The van der Waals surface area contributed by atoms with E-state index < -0.39 is 6.10 Å². The fraction of sp³-hybridized carbons (Fsp3) is 0.824. The van der Waals surface area contributed by atoms with Crippen LogP contribution >= 0.6 is 0 Å². The van der Waals surface area contributed by atoms with Crippen LogP contribution in [0.4, 0.5) is 0 Å². The van der Waals surface area contributed by atoms with Crippen molar-refractivity contribution in [1.29, 1.82) is 0 Å². The van der Waals surface area contributed by atoms with Gasteiger partial charge in [0.15, 0.2) is 0 Å². The summed E-state index contributed by atoms with van der Waals surface area (Å²) in [5, 5.41) is 14.6. The summed E-state index contributed by atoms with van der Waals surface area (Å²) >= 11 is 0. The number of rotatable bonds is 8. The molecule has 130 valence electrons. The van der Waals surface area contributed by atoms with Crippen LogP contribution in [-0.4, -0.2) is 70.9 Å². The van der Waals surface area contributed by atoms with Gasteiger partial charge in [-0.15, -0.1) is 0 Å². The first-order valence-electron chi connectivity index (χ1n) is 8.90. The molecule has 0 amide bonds. The SMILES string of the molecule is O[C@H](COC[C@H]1CCCO1)CN1CCCC[C@@H]1Cn1cccn1. The van der Waals surface area contributed by atoms with Gasteiger partial charge in [-0.25, -0.2) is 0 Å². The van der Waals surface area contributed by atoms with E-state index in [-0.39, 0.29) is 6.10 Å². The highest BCUT2D eigenvalue weighted by Gasteiger charge is 2.25. The molecule has 0 aliphatic carbocycles. The highest BCUT2D eigenvalue weighted by atomic mass is 16.5. The second kappa shape index (κ2) is 8.78. The summed E-state index contributed by atoms with van der Waals surface area (Å²) in [6.07, 6.45) is 9.46. The summed E-state index contributed by atoms with van der Waals surface area (Å²) in [5.41, 5.74) is 0. The van der Waals surface area contributed by atoms with E-state index in [0.29, 0.717) is 25.8 Å². The van der Waals surface area contributed by atoms with Gasteiger partial charge in [-0.05, 0) is 38.3 Å². The van der Waals surface area contributed by atoms with Gasteiger partial charge in [0, 0.05) is 31.6 Å². The van der Waals surface area contributed by atoms with Gasteiger partial charge in [0.2, 0.25) is 0 Å². The number of aliphatic hydroxyl groups is 1. The average molecular weight is 323 g/mol. The quantitative estimate of drug-likeness (QED) is 0.781. The maximum atomic E-state index is 10.3. The van der Waals surface area contributed by atoms with Gasteiger partial charge in [-0.1, -0.05) is 6.42 Å². The fourth-order valence-electron chi connectivity index (χ4n) is 3.57. The minimum atomic E-state index is -0.436. The van der Waals surface area contributed by atoms with Gasteiger partial charge in [-0.3, -0.25) is 9.58 Å². The first-order chi connectivity index (χ1) is 11.3. The summed E-state index contributed by atoms with van der Waals surface area (Å²) < 4.78 is 13.2. The van der Waals surface area contributed by atoms with E-state index in [4.69, 9.17) is 9.47 Å². The van der Waals surface area contributed by atoms with Crippen LogP contribution in [-0.2, 0) is 16.0 Å². The lowest BCUT2D eigenvalue weighted by Gasteiger charge is -2.36. The summed E-state index contributed by atoms with van der Waals surface area (Å²) in [6.45, 7) is 4.47. The molecule has 2 saturated heterocycles. The van der Waals surface area contributed by atoms with E-state index in [1.807, 2.05) is 23.1 Å². The number of piperidine rings is 1. The molecule has 2 aliphatic heterocycles. The Morgan fingerprint density at radius 1 is 1.30 bits per heavy atom. The standard InChI is InChI=1S/C17H29N3O3/c21-16(13-22-14-17-6-3-10-23-17)12-19-8-2-1-5-15(19)11-20-9-4-7-18-20/h4,7,9,15-17,21H,1-3,5-6,8,10-14H2/t15-,16+,17-/m1/s1. The molecule has 1 aromatic rings. The van der Waals surface area contributed by atoms with Crippen molar-refractivity contribution in [3.63, 3.8) is 0 Å². The van der Waals surface area contributed by atoms with Crippen LogP contribution in [0.25, 0.3) is 0 Å². The molecule has 0 aromatic carbocycles. The molecule has 2 fully saturated rings. The molecule has 2 aliphatic rings. The Bertz CT molecular complexity index is 434. The molecule has 0 radical (unpaired) electrons. The van der Waals surface area contributed by atoms with Crippen LogP contribution < -0.4 is 0 Å². The van der Waals surface area contributed by atoms with Gasteiger partial charge in [0.05, 0.1) is 32.0 Å². The molecule has 0 saturated carbocycles. The van der Waals surface area contributed by atoms with Crippen LogP contribution in [0.5, 0.6) is 0 Å². The predicted molar refractivity (Wildman–Crippen MR) is 87.2 cm³/mol. The predicted octanol–water partition coefficient (Wildman–Crippen LogP) is 1.29. The molecule has 1 aromatic heterocycles. The van der Waals surface area contributed by atoms with Crippen molar-refractivity contribution < 1.29 is 14.6 Å². The van der Waals surface area contributed by atoms with Crippen molar-refractivity contribution in [3.05, 3.63) is 18.5 Å². The molecular weight excluding hydrogens is 294 g/mol. The van der Waals surface area contributed by atoms with E-state index in [0.717, 1.165) is 32.5 Å². The Hall–Kier alpha value is -0.950. The van der Waals surface area contributed by atoms with E-state index in [1.165, 1.54) is 19.3 Å². The topological polar surface area (TPSA) is 59.8 Å². The second-order valence-corrected chi connectivity index (χ2v) is 6.70.